The summed E-state index contributed by atoms with van der Waals surface area (Å²) in [6.07, 6.45) is 0.560. The van der Waals surface area contributed by atoms with E-state index in [0.717, 1.165) is 0 Å². The Balaban J connectivity index is 2.98. The molecular formula is C14H18O2. The Morgan fingerprint density at radius 2 is 1.75 bits per heavy atom. The molecule has 0 N–H and O–H groups in total. The largest absolute Gasteiger partial charge is 0.466 e. The molecule has 0 saturated carbocycles. The minimum absolute atomic E-state index is 0.334. The number of ether oxygens (including phenoxy) is 1. The zero-order valence-corrected chi connectivity index (χ0v) is 10.4. The van der Waals surface area contributed by atoms with E-state index in [-0.39, 0.29) is 5.97 Å². The fourth-order valence-corrected chi connectivity index (χ4v) is 1.92. The molecule has 0 atom stereocenters. The topological polar surface area (TPSA) is 26.3 Å². The van der Waals surface area contributed by atoms with Gasteiger partial charge in [-0.1, -0.05) is 24.3 Å². The summed E-state index contributed by atoms with van der Waals surface area (Å²) in [6.45, 7) is 9.93. The number of hydrogen-bond acceptors (Lipinski definition) is 2. The standard InChI is InChI=1S/C14H18O2/c1-9-6-10(2)13(11(3)7-9)8-12(4)14(15)16-5/h6-7H,4,8H2,1-3,5H3. The molecule has 1 rings (SSSR count). The minimum atomic E-state index is -0.334. The number of esters is 1. The molecule has 0 aliphatic heterocycles. The van der Waals surface area contributed by atoms with Crippen molar-refractivity contribution in [3.05, 3.63) is 46.5 Å². The van der Waals surface area contributed by atoms with Crippen LogP contribution in [0.1, 0.15) is 22.3 Å². The molecule has 0 aliphatic carbocycles. The van der Waals surface area contributed by atoms with Gasteiger partial charge in [0, 0.05) is 12.0 Å². The van der Waals surface area contributed by atoms with E-state index in [1.807, 2.05) is 0 Å². The van der Waals surface area contributed by atoms with Gasteiger partial charge in [0.2, 0.25) is 0 Å². The first-order chi connectivity index (χ1) is 7.45. The van der Waals surface area contributed by atoms with Crippen LogP contribution >= 0.6 is 0 Å². The van der Waals surface area contributed by atoms with Gasteiger partial charge < -0.3 is 4.74 Å². The highest BCUT2D eigenvalue weighted by Gasteiger charge is 2.11. The molecule has 0 amide bonds. The zero-order chi connectivity index (χ0) is 12.3. The summed E-state index contributed by atoms with van der Waals surface area (Å²) in [6, 6.07) is 4.24. The Hall–Kier alpha value is -1.57. The van der Waals surface area contributed by atoms with E-state index in [1.54, 1.807) is 0 Å². The van der Waals surface area contributed by atoms with Gasteiger partial charge in [-0.15, -0.1) is 0 Å². The molecular weight excluding hydrogens is 200 g/mol. The van der Waals surface area contributed by atoms with E-state index in [2.05, 4.69) is 44.2 Å². The average Bonchev–Trinajstić information content (AvgIpc) is 2.21. The molecule has 0 radical (unpaired) electrons. The number of methoxy groups -OCH3 is 1. The first kappa shape index (κ1) is 12.5. The molecule has 0 spiro atoms. The highest BCUT2D eigenvalue weighted by Crippen LogP contribution is 2.19. The number of carbonyl (C=O) groups excluding carboxylic acids is 1. The highest BCUT2D eigenvalue weighted by atomic mass is 16.5. The van der Waals surface area contributed by atoms with Gasteiger partial charge in [0.1, 0.15) is 0 Å². The first-order valence-electron chi connectivity index (χ1n) is 5.28. The first-order valence-corrected chi connectivity index (χ1v) is 5.28. The molecule has 1 aromatic rings. The van der Waals surface area contributed by atoms with Crippen molar-refractivity contribution < 1.29 is 9.53 Å². The summed E-state index contributed by atoms with van der Waals surface area (Å²) >= 11 is 0. The van der Waals surface area contributed by atoms with Crippen LogP contribution in [-0.2, 0) is 16.0 Å². The van der Waals surface area contributed by atoms with Gasteiger partial charge in [-0.25, -0.2) is 4.79 Å². The minimum Gasteiger partial charge on any atom is -0.466 e. The van der Waals surface area contributed by atoms with Crippen molar-refractivity contribution >= 4 is 5.97 Å². The Morgan fingerprint density at radius 3 is 2.19 bits per heavy atom. The number of hydrogen-bond donors (Lipinski definition) is 0. The molecule has 16 heavy (non-hydrogen) atoms. The van der Waals surface area contributed by atoms with Crippen molar-refractivity contribution in [2.75, 3.05) is 7.11 Å². The van der Waals surface area contributed by atoms with Crippen molar-refractivity contribution in [2.45, 2.75) is 27.2 Å². The van der Waals surface area contributed by atoms with Crippen LogP contribution < -0.4 is 0 Å². The van der Waals surface area contributed by atoms with Crippen molar-refractivity contribution in [1.29, 1.82) is 0 Å². The van der Waals surface area contributed by atoms with E-state index < -0.39 is 0 Å². The normalized spacial score (nSPS) is 10.0. The second kappa shape index (κ2) is 4.97. The van der Waals surface area contributed by atoms with Gasteiger partial charge in [-0.05, 0) is 37.5 Å². The predicted octanol–water partition coefficient (Wildman–Crippen LogP) is 2.88. The summed E-state index contributed by atoms with van der Waals surface area (Å²) in [5.74, 6) is -0.334. The molecule has 2 heteroatoms. The zero-order valence-electron chi connectivity index (χ0n) is 10.4. The third kappa shape index (κ3) is 2.72. The summed E-state index contributed by atoms with van der Waals surface area (Å²) in [5, 5.41) is 0. The van der Waals surface area contributed by atoms with Crippen molar-refractivity contribution in [3.8, 4) is 0 Å². The van der Waals surface area contributed by atoms with Crippen molar-refractivity contribution in [1.82, 2.24) is 0 Å². The van der Waals surface area contributed by atoms with Crippen LogP contribution in [0.2, 0.25) is 0 Å². The van der Waals surface area contributed by atoms with Crippen LogP contribution in [0, 0.1) is 20.8 Å². The monoisotopic (exact) mass is 218 g/mol. The van der Waals surface area contributed by atoms with Gasteiger partial charge in [0.05, 0.1) is 7.11 Å². The molecule has 86 valence electrons. The summed E-state index contributed by atoms with van der Waals surface area (Å²) < 4.78 is 4.65. The summed E-state index contributed by atoms with van der Waals surface area (Å²) in [7, 11) is 1.38. The number of carbonyl (C=O) groups is 1. The highest BCUT2D eigenvalue weighted by molar-refractivity contribution is 5.88. The molecule has 2 nitrogen and oxygen atoms in total. The van der Waals surface area contributed by atoms with Gasteiger partial charge >= 0.3 is 5.97 Å². The lowest BCUT2D eigenvalue weighted by molar-refractivity contribution is -0.136. The van der Waals surface area contributed by atoms with E-state index in [0.29, 0.717) is 12.0 Å². The van der Waals surface area contributed by atoms with Crippen LogP contribution in [0.25, 0.3) is 0 Å². The lowest BCUT2D eigenvalue weighted by atomic mass is 9.95. The van der Waals surface area contributed by atoms with E-state index in [4.69, 9.17) is 0 Å². The van der Waals surface area contributed by atoms with Gasteiger partial charge in [-0.3, -0.25) is 0 Å². The van der Waals surface area contributed by atoms with Crippen LogP contribution in [0.5, 0.6) is 0 Å². The average molecular weight is 218 g/mol. The van der Waals surface area contributed by atoms with E-state index in [9.17, 15) is 4.79 Å². The quantitative estimate of drug-likeness (QED) is 0.576. The van der Waals surface area contributed by atoms with Crippen LogP contribution in [0.3, 0.4) is 0 Å². The third-order valence-electron chi connectivity index (χ3n) is 2.70. The van der Waals surface area contributed by atoms with Crippen LogP contribution in [0.15, 0.2) is 24.3 Å². The number of benzene rings is 1. The maximum atomic E-state index is 11.3. The molecule has 0 unspecified atom stereocenters. The molecule has 0 fully saturated rings. The second-order valence-corrected chi connectivity index (χ2v) is 4.15. The number of aryl methyl sites for hydroxylation is 3. The Bertz CT molecular complexity index is 407. The molecule has 0 heterocycles. The van der Waals surface area contributed by atoms with E-state index in [1.165, 1.54) is 29.4 Å². The van der Waals surface area contributed by atoms with Gasteiger partial charge in [0.25, 0.3) is 0 Å². The van der Waals surface area contributed by atoms with Crippen molar-refractivity contribution in [2.24, 2.45) is 0 Å². The molecule has 0 bridgehead atoms. The van der Waals surface area contributed by atoms with Crippen LogP contribution in [-0.4, -0.2) is 13.1 Å². The molecule has 0 aliphatic rings. The fraction of sp³-hybridized carbons (Fsp3) is 0.357. The fourth-order valence-electron chi connectivity index (χ4n) is 1.92. The second-order valence-electron chi connectivity index (χ2n) is 4.15. The lowest BCUT2D eigenvalue weighted by Gasteiger charge is -2.11. The predicted molar refractivity (Wildman–Crippen MR) is 65.5 cm³/mol. The lowest BCUT2D eigenvalue weighted by Crippen LogP contribution is -2.08. The summed E-state index contributed by atoms with van der Waals surface area (Å²) in [4.78, 5) is 11.3. The van der Waals surface area contributed by atoms with Gasteiger partial charge in [-0.2, -0.15) is 0 Å². The summed E-state index contributed by atoms with van der Waals surface area (Å²) in [5.41, 5.74) is 5.30. The smallest absolute Gasteiger partial charge is 0.333 e. The van der Waals surface area contributed by atoms with Crippen LogP contribution in [0.4, 0.5) is 0 Å². The molecule has 0 aromatic heterocycles. The third-order valence-corrected chi connectivity index (χ3v) is 2.70. The Labute approximate surface area is 96.9 Å². The maximum Gasteiger partial charge on any atom is 0.333 e. The Kier molecular flexibility index (Phi) is 3.88. The Morgan fingerprint density at radius 1 is 1.25 bits per heavy atom. The molecule has 0 saturated heterocycles. The molecule has 1 aromatic carbocycles. The van der Waals surface area contributed by atoms with Gasteiger partial charge in [0.15, 0.2) is 0 Å². The van der Waals surface area contributed by atoms with Crippen molar-refractivity contribution in [3.63, 3.8) is 0 Å². The number of rotatable bonds is 3. The SMILES string of the molecule is C=C(Cc1c(C)cc(C)cc1C)C(=O)OC. The maximum absolute atomic E-state index is 11.3. The van der Waals surface area contributed by atoms with E-state index >= 15 is 0 Å².